The molecule has 0 aliphatic carbocycles. The fraction of sp³-hybridized carbons (Fsp3) is 0.737. The number of anilines is 1. The van der Waals surface area contributed by atoms with Crippen molar-refractivity contribution in [1.82, 2.24) is 14.8 Å². The van der Waals surface area contributed by atoms with E-state index in [4.69, 9.17) is 4.74 Å². The Morgan fingerprint density at radius 2 is 2.12 bits per heavy atom. The molecule has 2 aliphatic rings. The molecule has 0 spiro atoms. The third-order valence-electron chi connectivity index (χ3n) is 5.09. The van der Waals surface area contributed by atoms with Gasteiger partial charge in [0.2, 0.25) is 0 Å². The number of piperazine rings is 1. The Morgan fingerprint density at radius 3 is 2.85 bits per heavy atom. The van der Waals surface area contributed by atoms with Crippen molar-refractivity contribution in [2.45, 2.75) is 32.9 Å². The van der Waals surface area contributed by atoms with Crippen LogP contribution in [0.15, 0.2) is 17.8 Å². The predicted octanol–water partition coefficient (Wildman–Crippen LogP) is 1.81. The van der Waals surface area contributed by atoms with E-state index in [1.807, 2.05) is 17.5 Å². The first-order valence-electron chi connectivity index (χ1n) is 9.63. The molecule has 1 atom stereocenters. The van der Waals surface area contributed by atoms with Crippen LogP contribution in [0.5, 0.6) is 0 Å². The molecule has 146 valence electrons. The van der Waals surface area contributed by atoms with Crippen LogP contribution in [-0.2, 0) is 11.3 Å². The normalized spacial score (nSPS) is 22.6. The van der Waals surface area contributed by atoms with Crippen LogP contribution in [0, 0.1) is 0 Å². The molecular formula is C19H32N4O2S. The summed E-state index contributed by atoms with van der Waals surface area (Å²) in [5.41, 5.74) is 1.36. The Bertz CT molecular complexity index is 582. The van der Waals surface area contributed by atoms with Gasteiger partial charge in [-0.2, -0.15) is 0 Å². The highest BCUT2D eigenvalue weighted by Crippen LogP contribution is 2.25. The number of aliphatic hydroxyl groups excluding tert-OH is 1. The Hall–Kier alpha value is -0.990. The maximum atomic E-state index is 9.45. The van der Waals surface area contributed by atoms with E-state index >= 15 is 0 Å². The van der Waals surface area contributed by atoms with Gasteiger partial charge in [0.15, 0.2) is 5.13 Å². The monoisotopic (exact) mass is 380 g/mol. The molecule has 0 saturated carbocycles. The Labute approximate surface area is 161 Å². The van der Waals surface area contributed by atoms with Gasteiger partial charge < -0.3 is 14.7 Å². The Morgan fingerprint density at radius 1 is 1.31 bits per heavy atom. The highest BCUT2D eigenvalue weighted by molar-refractivity contribution is 7.15. The second kappa shape index (κ2) is 9.80. The number of nitrogens with zero attached hydrogens (tertiary/aromatic N) is 4. The van der Waals surface area contributed by atoms with Crippen molar-refractivity contribution in [2.75, 3.05) is 64.0 Å². The summed E-state index contributed by atoms with van der Waals surface area (Å²) < 4.78 is 5.43. The quantitative estimate of drug-likeness (QED) is 0.728. The average molecular weight is 381 g/mol. The van der Waals surface area contributed by atoms with Gasteiger partial charge >= 0.3 is 0 Å². The molecule has 7 heteroatoms. The van der Waals surface area contributed by atoms with Gasteiger partial charge in [0.25, 0.3) is 0 Å². The van der Waals surface area contributed by atoms with Gasteiger partial charge in [-0.3, -0.25) is 9.80 Å². The van der Waals surface area contributed by atoms with Crippen LogP contribution in [0.25, 0.3) is 0 Å². The van der Waals surface area contributed by atoms with Crippen LogP contribution in [0.1, 0.15) is 25.1 Å². The molecule has 26 heavy (non-hydrogen) atoms. The lowest BCUT2D eigenvalue weighted by atomic mass is 10.1. The summed E-state index contributed by atoms with van der Waals surface area (Å²) in [6, 6.07) is 0.427. The van der Waals surface area contributed by atoms with Crippen molar-refractivity contribution in [1.29, 1.82) is 0 Å². The molecule has 3 heterocycles. The van der Waals surface area contributed by atoms with E-state index < -0.39 is 0 Å². The molecule has 2 saturated heterocycles. The first kappa shape index (κ1) is 19.8. The van der Waals surface area contributed by atoms with Crippen LogP contribution in [0.4, 0.5) is 5.13 Å². The van der Waals surface area contributed by atoms with E-state index in [1.165, 1.54) is 10.5 Å². The summed E-state index contributed by atoms with van der Waals surface area (Å²) >= 11 is 1.81. The lowest BCUT2D eigenvalue weighted by Gasteiger charge is -2.41. The first-order valence-corrected chi connectivity index (χ1v) is 10.5. The summed E-state index contributed by atoms with van der Waals surface area (Å²) in [7, 11) is 0. The van der Waals surface area contributed by atoms with Crippen molar-refractivity contribution in [3.05, 3.63) is 22.7 Å². The van der Waals surface area contributed by atoms with Gasteiger partial charge in [0, 0.05) is 69.5 Å². The van der Waals surface area contributed by atoms with Crippen LogP contribution < -0.4 is 4.90 Å². The lowest BCUT2D eigenvalue weighted by Crippen LogP contribution is -2.52. The van der Waals surface area contributed by atoms with Crippen molar-refractivity contribution in [3.63, 3.8) is 0 Å². The van der Waals surface area contributed by atoms with Crippen molar-refractivity contribution in [2.24, 2.45) is 0 Å². The summed E-state index contributed by atoms with van der Waals surface area (Å²) in [6.45, 7) is 13.1. The molecule has 1 aromatic heterocycles. The van der Waals surface area contributed by atoms with Crippen LogP contribution >= 0.6 is 11.3 Å². The highest BCUT2D eigenvalue weighted by atomic mass is 32.1. The number of thiazole rings is 1. The number of hydrogen-bond donors (Lipinski definition) is 1. The number of aliphatic hydroxyl groups is 1. The van der Waals surface area contributed by atoms with E-state index in [9.17, 15) is 5.11 Å². The second-order valence-corrected chi connectivity index (χ2v) is 8.48. The van der Waals surface area contributed by atoms with E-state index in [0.29, 0.717) is 6.04 Å². The van der Waals surface area contributed by atoms with Gasteiger partial charge in [0.05, 0.1) is 13.2 Å². The second-order valence-electron chi connectivity index (χ2n) is 7.39. The van der Waals surface area contributed by atoms with Crippen LogP contribution in [-0.4, -0.2) is 85.0 Å². The fourth-order valence-corrected chi connectivity index (χ4v) is 4.56. The van der Waals surface area contributed by atoms with Gasteiger partial charge in [0.1, 0.15) is 0 Å². The van der Waals surface area contributed by atoms with Crippen molar-refractivity contribution < 1.29 is 9.84 Å². The minimum Gasteiger partial charge on any atom is -0.396 e. The number of rotatable bonds is 7. The summed E-state index contributed by atoms with van der Waals surface area (Å²) in [5.74, 6) is 0. The van der Waals surface area contributed by atoms with E-state index in [0.717, 1.165) is 70.6 Å². The number of morpholine rings is 1. The molecule has 0 amide bonds. The van der Waals surface area contributed by atoms with Gasteiger partial charge in [-0.1, -0.05) is 11.6 Å². The molecule has 0 bridgehead atoms. The minimum absolute atomic E-state index is 0.256. The number of hydrogen-bond acceptors (Lipinski definition) is 7. The average Bonchev–Trinajstić information content (AvgIpc) is 3.10. The summed E-state index contributed by atoms with van der Waals surface area (Å²) in [5, 5.41) is 10.6. The molecule has 1 N–H and O–H groups in total. The molecule has 2 aliphatic heterocycles. The zero-order valence-corrected chi connectivity index (χ0v) is 16.9. The summed E-state index contributed by atoms with van der Waals surface area (Å²) in [6.07, 6.45) is 5.17. The maximum absolute atomic E-state index is 9.45. The SMILES string of the molecule is CC(C)=CCN1CCN(Cc2cnc(N3CCOCC3)s2)C[C@@H]1CCO. The number of aromatic nitrogens is 1. The predicted molar refractivity (Wildman–Crippen MR) is 107 cm³/mol. The van der Waals surface area contributed by atoms with E-state index in [1.54, 1.807) is 0 Å². The fourth-order valence-electron chi connectivity index (χ4n) is 3.56. The first-order chi connectivity index (χ1) is 12.7. The molecule has 1 aromatic rings. The maximum Gasteiger partial charge on any atom is 0.185 e. The third-order valence-corrected chi connectivity index (χ3v) is 6.13. The Balaban J connectivity index is 1.55. The van der Waals surface area contributed by atoms with Crippen molar-refractivity contribution >= 4 is 16.5 Å². The zero-order valence-electron chi connectivity index (χ0n) is 16.1. The van der Waals surface area contributed by atoms with Gasteiger partial charge in [-0.25, -0.2) is 4.98 Å². The third kappa shape index (κ3) is 5.50. The smallest absolute Gasteiger partial charge is 0.185 e. The van der Waals surface area contributed by atoms with Gasteiger partial charge in [-0.15, -0.1) is 11.3 Å². The highest BCUT2D eigenvalue weighted by Gasteiger charge is 2.26. The minimum atomic E-state index is 0.256. The molecule has 6 nitrogen and oxygen atoms in total. The van der Waals surface area contributed by atoms with E-state index in [-0.39, 0.29) is 6.61 Å². The standard InChI is InChI=1S/C19H32N4O2S/c1-16(2)3-5-22-7-6-21(14-17(22)4-10-24)15-18-13-20-19(26-18)23-8-11-25-12-9-23/h3,13,17,24H,4-12,14-15H2,1-2H3/t17-/m0/s1. The molecule has 3 rings (SSSR count). The number of allylic oxidation sites excluding steroid dienone is 1. The summed E-state index contributed by atoms with van der Waals surface area (Å²) in [4.78, 5) is 13.3. The molecule has 0 aromatic carbocycles. The lowest BCUT2D eigenvalue weighted by molar-refractivity contribution is 0.0642. The molecule has 0 unspecified atom stereocenters. The zero-order chi connectivity index (χ0) is 18.4. The molecular weight excluding hydrogens is 348 g/mol. The van der Waals surface area contributed by atoms with Crippen molar-refractivity contribution in [3.8, 4) is 0 Å². The van der Waals surface area contributed by atoms with Gasteiger partial charge in [-0.05, 0) is 20.3 Å². The largest absolute Gasteiger partial charge is 0.396 e. The Kier molecular flexibility index (Phi) is 7.45. The number of ether oxygens (including phenoxy) is 1. The van der Waals surface area contributed by atoms with Crippen LogP contribution in [0.2, 0.25) is 0 Å². The van der Waals surface area contributed by atoms with E-state index in [2.05, 4.69) is 39.6 Å². The molecule has 0 radical (unpaired) electrons. The van der Waals surface area contributed by atoms with Crippen LogP contribution in [0.3, 0.4) is 0 Å². The molecule has 2 fully saturated rings. The topological polar surface area (TPSA) is 52.1 Å².